The largest absolute Gasteiger partial charge is 0.377 e. The molecule has 1 atom stereocenters. The Morgan fingerprint density at radius 3 is 2.83 bits per heavy atom. The minimum absolute atomic E-state index is 0.206. The van der Waals surface area contributed by atoms with Crippen LogP contribution in [0.15, 0.2) is 42.7 Å². The Kier molecular flexibility index (Phi) is 5.05. The van der Waals surface area contributed by atoms with Crippen LogP contribution in [0, 0.1) is 0 Å². The molecule has 0 radical (unpaired) electrons. The van der Waals surface area contributed by atoms with Crippen molar-refractivity contribution in [2.45, 2.75) is 25.5 Å². The number of carbonyl (C=O) groups excluding carboxylic acids is 1. The van der Waals surface area contributed by atoms with Crippen LogP contribution in [0.4, 0.5) is 0 Å². The summed E-state index contributed by atoms with van der Waals surface area (Å²) in [6.07, 6.45) is 6.01. The standard InChI is InChI=1S/C17H22N4O2/c18-17(22)13-20(12-16-3-1-10-23-16)11-14-4-6-15(7-5-14)21-9-2-8-19-21/h2,4-9,16H,1,3,10-13H2,(H2,18,22)/t16-/m1/s1. The summed E-state index contributed by atoms with van der Waals surface area (Å²) in [5.74, 6) is -0.309. The van der Waals surface area contributed by atoms with E-state index in [9.17, 15) is 4.79 Å². The van der Waals surface area contributed by atoms with Gasteiger partial charge in [0.25, 0.3) is 0 Å². The van der Waals surface area contributed by atoms with Crippen molar-refractivity contribution in [2.75, 3.05) is 19.7 Å². The highest BCUT2D eigenvalue weighted by Crippen LogP contribution is 2.16. The van der Waals surface area contributed by atoms with Gasteiger partial charge < -0.3 is 10.5 Å². The van der Waals surface area contributed by atoms with Crippen molar-refractivity contribution in [3.05, 3.63) is 48.3 Å². The fraction of sp³-hybridized carbons (Fsp3) is 0.412. The van der Waals surface area contributed by atoms with Crippen LogP contribution in [0.5, 0.6) is 0 Å². The highest BCUT2D eigenvalue weighted by molar-refractivity contribution is 5.75. The van der Waals surface area contributed by atoms with Crippen LogP contribution in [-0.2, 0) is 16.1 Å². The first-order chi connectivity index (χ1) is 11.2. The van der Waals surface area contributed by atoms with Gasteiger partial charge in [-0.3, -0.25) is 9.69 Å². The predicted molar refractivity (Wildman–Crippen MR) is 87.0 cm³/mol. The summed E-state index contributed by atoms with van der Waals surface area (Å²) in [5, 5.41) is 4.21. The van der Waals surface area contributed by atoms with Gasteiger partial charge in [0.2, 0.25) is 5.91 Å². The van der Waals surface area contributed by atoms with E-state index in [0.717, 1.165) is 37.2 Å². The normalized spacial score (nSPS) is 17.7. The maximum atomic E-state index is 11.3. The fourth-order valence-electron chi connectivity index (χ4n) is 2.92. The number of hydrogen-bond donors (Lipinski definition) is 1. The molecule has 2 N–H and O–H groups in total. The number of primary amides is 1. The third-order valence-electron chi connectivity index (χ3n) is 3.98. The molecule has 2 aromatic rings. The van der Waals surface area contributed by atoms with E-state index in [1.54, 1.807) is 6.20 Å². The second-order valence-electron chi connectivity index (χ2n) is 5.89. The first kappa shape index (κ1) is 15.7. The van der Waals surface area contributed by atoms with E-state index in [2.05, 4.69) is 22.1 Å². The summed E-state index contributed by atoms with van der Waals surface area (Å²) in [6, 6.07) is 10.1. The van der Waals surface area contributed by atoms with E-state index in [0.29, 0.717) is 6.54 Å². The van der Waals surface area contributed by atoms with Gasteiger partial charge in [-0.2, -0.15) is 5.10 Å². The van der Waals surface area contributed by atoms with Crippen molar-refractivity contribution in [1.29, 1.82) is 0 Å². The molecule has 0 bridgehead atoms. The molecule has 2 heterocycles. The van der Waals surface area contributed by atoms with Crippen molar-refractivity contribution in [2.24, 2.45) is 5.73 Å². The molecule has 6 heteroatoms. The number of ether oxygens (including phenoxy) is 1. The van der Waals surface area contributed by atoms with Gasteiger partial charge in [-0.1, -0.05) is 12.1 Å². The van der Waals surface area contributed by atoms with Crippen molar-refractivity contribution in [3.63, 3.8) is 0 Å². The van der Waals surface area contributed by atoms with Gasteiger partial charge in [0.1, 0.15) is 0 Å². The van der Waals surface area contributed by atoms with E-state index < -0.39 is 0 Å². The number of carbonyl (C=O) groups is 1. The van der Waals surface area contributed by atoms with Crippen molar-refractivity contribution >= 4 is 5.91 Å². The lowest BCUT2D eigenvalue weighted by Gasteiger charge is -2.24. The lowest BCUT2D eigenvalue weighted by molar-refractivity contribution is -0.119. The highest BCUT2D eigenvalue weighted by atomic mass is 16.5. The zero-order valence-electron chi connectivity index (χ0n) is 13.1. The van der Waals surface area contributed by atoms with Crippen LogP contribution < -0.4 is 5.73 Å². The summed E-state index contributed by atoms with van der Waals surface area (Å²) in [4.78, 5) is 13.4. The molecule has 23 heavy (non-hydrogen) atoms. The molecule has 1 saturated heterocycles. The molecule has 0 spiro atoms. The maximum absolute atomic E-state index is 11.3. The number of hydrogen-bond acceptors (Lipinski definition) is 4. The smallest absolute Gasteiger partial charge is 0.231 e. The highest BCUT2D eigenvalue weighted by Gasteiger charge is 2.20. The molecule has 0 unspecified atom stereocenters. The number of amides is 1. The number of rotatable bonds is 7. The van der Waals surface area contributed by atoms with Gasteiger partial charge in [0.05, 0.1) is 18.3 Å². The molecular formula is C17H22N4O2. The lowest BCUT2D eigenvalue weighted by Crippen LogP contribution is -2.38. The van der Waals surface area contributed by atoms with E-state index >= 15 is 0 Å². The summed E-state index contributed by atoms with van der Waals surface area (Å²) in [7, 11) is 0. The van der Waals surface area contributed by atoms with Crippen LogP contribution in [0.2, 0.25) is 0 Å². The van der Waals surface area contributed by atoms with Crippen LogP contribution in [-0.4, -0.2) is 46.4 Å². The molecule has 1 amide bonds. The second kappa shape index (κ2) is 7.39. The number of nitrogens with zero attached hydrogens (tertiary/aromatic N) is 3. The molecule has 1 aromatic heterocycles. The molecule has 3 rings (SSSR count). The Bertz CT molecular complexity index is 619. The minimum atomic E-state index is -0.309. The van der Waals surface area contributed by atoms with Gasteiger partial charge in [-0.05, 0) is 36.6 Å². The topological polar surface area (TPSA) is 73.4 Å². The summed E-state index contributed by atoms with van der Waals surface area (Å²) < 4.78 is 7.48. The average Bonchev–Trinajstić information content (AvgIpc) is 3.20. The minimum Gasteiger partial charge on any atom is -0.377 e. The molecule has 0 aliphatic carbocycles. The Balaban J connectivity index is 1.64. The summed E-state index contributed by atoms with van der Waals surface area (Å²) in [6.45, 7) is 2.49. The van der Waals surface area contributed by atoms with E-state index in [1.807, 2.05) is 29.1 Å². The summed E-state index contributed by atoms with van der Waals surface area (Å²) >= 11 is 0. The number of benzene rings is 1. The molecule has 1 aliphatic rings. The van der Waals surface area contributed by atoms with Crippen LogP contribution in [0.25, 0.3) is 5.69 Å². The van der Waals surface area contributed by atoms with Gasteiger partial charge in [-0.25, -0.2) is 4.68 Å². The zero-order valence-corrected chi connectivity index (χ0v) is 13.1. The zero-order chi connectivity index (χ0) is 16.1. The van der Waals surface area contributed by atoms with Crippen molar-refractivity contribution in [3.8, 4) is 5.69 Å². The Labute approximate surface area is 135 Å². The Hall–Kier alpha value is -2.18. The molecule has 1 fully saturated rings. The molecule has 1 aromatic carbocycles. The van der Waals surface area contributed by atoms with E-state index in [1.165, 1.54) is 0 Å². The van der Waals surface area contributed by atoms with Crippen molar-refractivity contribution < 1.29 is 9.53 Å². The first-order valence-corrected chi connectivity index (χ1v) is 7.92. The summed E-state index contributed by atoms with van der Waals surface area (Å²) in [5.41, 5.74) is 7.53. The third kappa shape index (κ3) is 4.40. The number of aromatic nitrogens is 2. The second-order valence-corrected chi connectivity index (χ2v) is 5.89. The Morgan fingerprint density at radius 2 is 2.22 bits per heavy atom. The average molecular weight is 314 g/mol. The van der Waals surface area contributed by atoms with Crippen molar-refractivity contribution in [1.82, 2.24) is 14.7 Å². The monoisotopic (exact) mass is 314 g/mol. The molecule has 1 aliphatic heterocycles. The van der Waals surface area contributed by atoms with Gasteiger partial charge in [0, 0.05) is 32.1 Å². The molecular weight excluding hydrogens is 292 g/mol. The number of nitrogens with two attached hydrogens (primary N) is 1. The van der Waals surface area contributed by atoms with Gasteiger partial charge in [-0.15, -0.1) is 0 Å². The fourth-order valence-corrected chi connectivity index (χ4v) is 2.92. The predicted octanol–water partition coefficient (Wildman–Crippen LogP) is 1.34. The maximum Gasteiger partial charge on any atom is 0.231 e. The Morgan fingerprint density at radius 1 is 1.39 bits per heavy atom. The SMILES string of the molecule is NC(=O)CN(Cc1ccc(-n2cccn2)cc1)C[C@H]1CCCO1. The van der Waals surface area contributed by atoms with Gasteiger partial charge >= 0.3 is 0 Å². The van der Waals surface area contributed by atoms with Crippen LogP contribution >= 0.6 is 0 Å². The third-order valence-corrected chi connectivity index (χ3v) is 3.98. The van der Waals surface area contributed by atoms with Crippen LogP contribution in [0.3, 0.4) is 0 Å². The van der Waals surface area contributed by atoms with Crippen LogP contribution in [0.1, 0.15) is 18.4 Å². The van der Waals surface area contributed by atoms with E-state index in [4.69, 9.17) is 10.5 Å². The van der Waals surface area contributed by atoms with E-state index in [-0.39, 0.29) is 18.6 Å². The van der Waals surface area contributed by atoms with Gasteiger partial charge in [0.15, 0.2) is 0 Å². The molecule has 122 valence electrons. The molecule has 0 saturated carbocycles. The quantitative estimate of drug-likeness (QED) is 0.837. The first-order valence-electron chi connectivity index (χ1n) is 7.92. The lowest BCUT2D eigenvalue weighted by atomic mass is 10.1. The molecule has 6 nitrogen and oxygen atoms in total.